The van der Waals surface area contributed by atoms with Crippen molar-refractivity contribution in [2.45, 2.75) is 33.1 Å². The topological polar surface area (TPSA) is 81.1 Å². The molecule has 0 unspecified atom stereocenters. The number of nitrogens with zero attached hydrogens (tertiary/aromatic N) is 2. The maximum Gasteiger partial charge on any atom is 0.317 e. The van der Waals surface area contributed by atoms with Gasteiger partial charge in [0.2, 0.25) is 0 Å². The molecule has 0 aliphatic rings. The van der Waals surface area contributed by atoms with Crippen LogP contribution in [0.4, 0.5) is 0 Å². The highest BCUT2D eigenvalue weighted by Gasteiger charge is 2.11. The van der Waals surface area contributed by atoms with Crippen molar-refractivity contribution >= 4 is 11.9 Å². The smallest absolute Gasteiger partial charge is 0.317 e. The van der Waals surface area contributed by atoms with Crippen molar-refractivity contribution < 1.29 is 19.8 Å². The number of rotatable bonds is 12. The van der Waals surface area contributed by atoms with Crippen LogP contribution in [0.3, 0.4) is 0 Å². The van der Waals surface area contributed by atoms with Crippen LogP contribution in [0.15, 0.2) is 0 Å². The summed E-state index contributed by atoms with van der Waals surface area (Å²) in [6.07, 6.45) is 1.89. The van der Waals surface area contributed by atoms with E-state index in [-0.39, 0.29) is 13.0 Å². The summed E-state index contributed by atoms with van der Waals surface area (Å²) in [6, 6.07) is 0. The summed E-state index contributed by atoms with van der Waals surface area (Å²) in [5.74, 6) is -1.80. The fourth-order valence-electron chi connectivity index (χ4n) is 1.93. The van der Waals surface area contributed by atoms with Crippen LogP contribution in [-0.2, 0) is 9.59 Å². The van der Waals surface area contributed by atoms with E-state index >= 15 is 0 Å². The van der Waals surface area contributed by atoms with Crippen molar-refractivity contribution in [3.8, 4) is 0 Å². The maximum absolute atomic E-state index is 10.7. The predicted octanol–water partition coefficient (Wildman–Crippen LogP) is 0.970. The summed E-state index contributed by atoms with van der Waals surface area (Å²) in [7, 11) is 0. The minimum Gasteiger partial charge on any atom is -0.481 e. The molecule has 0 heterocycles. The van der Waals surface area contributed by atoms with Gasteiger partial charge in [-0.15, -0.1) is 0 Å². The van der Waals surface area contributed by atoms with Gasteiger partial charge >= 0.3 is 11.9 Å². The highest BCUT2D eigenvalue weighted by molar-refractivity contribution is 5.69. The van der Waals surface area contributed by atoms with Crippen molar-refractivity contribution in [3.63, 3.8) is 0 Å². The van der Waals surface area contributed by atoms with Crippen LogP contribution in [0.2, 0.25) is 0 Å². The fraction of sp³-hybridized carbons (Fsp3) is 0.846. The lowest BCUT2D eigenvalue weighted by Gasteiger charge is -2.21. The van der Waals surface area contributed by atoms with Gasteiger partial charge in [-0.05, 0) is 39.0 Å². The minimum absolute atomic E-state index is 0.0106. The average molecular weight is 274 g/mol. The Morgan fingerprint density at radius 3 is 1.79 bits per heavy atom. The largest absolute Gasteiger partial charge is 0.481 e. The Bertz CT molecular complexity index is 267. The summed E-state index contributed by atoms with van der Waals surface area (Å²) in [6.45, 7) is 8.14. The summed E-state index contributed by atoms with van der Waals surface area (Å²) in [5, 5.41) is 17.4. The Labute approximate surface area is 115 Å². The predicted molar refractivity (Wildman–Crippen MR) is 73.4 cm³/mol. The zero-order chi connectivity index (χ0) is 14.7. The minimum atomic E-state index is -0.908. The molecule has 0 aromatic rings. The van der Waals surface area contributed by atoms with Crippen LogP contribution in [0.25, 0.3) is 0 Å². The maximum atomic E-state index is 10.7. The van der Waals surface area contributed by atoms with Crippen molar-refractivity contribution in [1.29, 1.82) is 0 Å². The molecule has 0 aromatic carbocycles. The monoisotopic (exact) mass is 274 g/mol. The van der Waals surface area contributed by atoms with Gasteiger partial charge in [-0.3, -0.25) is 14.5 Å². The zero-order valence-electron chi connectivity index (χ0n) is 12.0. The number of hydrogen-bond donors (Lipinski definition) is 2. The standard InChI is InChI=1S/C13H26N2O4/c1-3-14(4-2)8-5-6-9-15(11-13(18)19)10-7-12(16)17/h3-11H2,1-2H3,(H,16,17)(H,18,19). The molecule has 6 nitrogen and oxygen atoms in total. The normalized spacial score (nSPS) is 11.2. The van der Waals surface area contributed by atoms with Crippen LogP contribution in [0.1, 0.15) is 33.1 Å². The number of carbonyl (C=O) groups is 2. The van der Waals surface area contributed by atoms with Gasteiger partial charge in [0, 0.05) is 6.54 Å². The highest BCUT2D eigenvalue weighted by Crippen LogP contribution is 2.00. The first kappa shape index (κ1) is 17.9. The van der Waals surface area contributed by atoms with Crippen molar-refractivity contribution in [1.82, 2.24) is 9.80 Å². The molecule has 0 radical (unpaired) electrons. The van der Waals surface area contributed by atoms with Crippen molar-refractivity contribution in [2.24, 2.45) is 0 Å². The molecule has 0 spiro atoms. The molecule has 2 N–H and O–H groups in total. The summed E-state index contributed by atoms with van der Waals surface area (Å²) < 4.78 is 0. The Balaban J connectivity index is 3.90. The Morgan fingerprint density at radius 2 is 1.37 bits per heavy atom. The summed E-state index contributed by atoms with van der Waals surface area (Å²) in [5.41, 5.74) is 0. The molecule has 0 bridgehead atoms. The molecule has 0 saturated heterocycles. The van der Waals surface area contributed by atoms with Crippen LogP contribution in [0.5, 0.6) is 0 Å². The van der Waals surface area contributed by atoms with E-state index < -0.39 is 11.9 Å². The van der Waals surface area contributed by atoms with Gasteiger partial charge in [-0.25, -0.2) is 0 Å². The van der Waals surface area contributed by atoms with Crippen LogP contribution >= 0.6 is 0 Å². The highest BCUT2D eigenvalue weighted by atomic mass is 16.4. The van der Waals surface area contributed by atoms with Crippen molar-refractivity contribution in [3.05, 3.63) is 0 Å². The Hall–Kier alpha value is -1.14. The SMILES string of the molecule is CCN(CC)CCCCN(CCC(=O)O)CC(=O)O. The van der Waals surface area contributed by atoms with Gasteiger partial charge in [0.1, 0.15) is 0 Å². The van der Waals surface area contributed by atoms with E-state index in [2.05, 4.69) is 18.7 Å². The number of carboxylic acids is 2. The zero-order valence-corrected chi connectivity index (χ0v) is 12.0. The fourth-order valence-corrected chi connectivity index (χ4v) is 1.93. The lowest BCUT2D eigenvalue weighted by molar-refractivity contribution is -0.141. The Morgan fingerprint density at radius 1 is 0.842 bits per heavy atom. The number of unbranched alkanes of at least 4 members (excludes halogenated alkanes) is 1. The second kappa shape index (κ2) is 10.8. The third-order valence-corrected chi connectivity index (χ3v) is 3.09. The van der Waals surface area contributed by atoms with E-state index in [4.69, 9.17) is 10.2 Å². The molecule has 0 fully saturated rings. The molecule has 112 valence electrons. The van der Waals surface area contributed by atoms with Gasteiger partial charge in [-0.2, -0.15) is 0 Å². The molecule has 0 aromatic heterocycles. The molecule has 0 aliphatic heterocycles. The van der Waals surface area contributed by atoms with Gasteiger partial charge in [0.15, 0.2) is 0 Å². The number of carboxylic acid groups (broad SMARTS) is 2. The quantitative estimate of drug-likeness (QED) is 0.516. The van der Waals surface area contributed by atoms with Crippen LogP contribution in [-0.4, -0.2) is 71.2 Å². The van der Waals surface area contributed by atoms with E-state index in [1.807, 2.05) is 0 Å². The molecule has 0 amide bonds. The van der Waals surface area contributed by atoms with Crippen LogP contribution in [0, 0.1) is 0 Å². The third-order valence-electron chi connectivity index (χ3n) is 3.09. The van der Waals surface area contributed by atoms with Gasteiger partial charge in [0.25, 0.3) is 0 Å². The average Bonchev–Trinajstić information content (AvgIpc) is 2.35. The second-order valence-corrected chi connectivity index (χ2v) is 4.55. The van der Waals surface area contributed by atoms with E-state index in [1.54, 1.807) is 4.90 Å². The first-order valence-corrected chi connectivity index (χ1v) is 6.87. The lowest BCUT2D eigenvalue weighted by atomic mass is 10.2. The van der Waals surface area contributed by atoms with Crippen LogP contribution < -0.4 is 0 Å². The molecule has 6 heteroatoms. The molecular weight excluding hydrogens is 248 g/mol. The molecule has 0 saturated carbocycles. The first-order chi connectivity index (χ1) is 8.99. The lowest BCUT2D eigenvalue weighted by Crippen LogP contribution is -2.33. The summed E-state index contributed by atoms with van der Waals surface area (Å²) in [4.78, 5) is 25.2. The van der Waals surface area contributed by atoms with E-state index in [0.29, 0.717) is 13.1 Å². The van der Waals surface area contributed by atoms with E-state index in [1.165, 1.54) is 0 Å². The van der Waals surface area contributed by atoms with Gasteiger partial charge in [0.05, 0.1) is 13.0 Å². The van der Waals surface area contributed by atoms with Gasteiger partial charge in [-0.1, -0.05) is 13.8 Å². The molecule has 19 heavy (non-hydrogen) atoms. The van der Waals surface area contributed by atoms with Gasteiger partial charge < -0.3 is 15.1 Å². The molecule has 0 atom stereocenters. The third kappa shape index (κ3) is 10.5. The summed E-state index contributed by atoms with van der Waals surface area (Å²) >= 11 is 0. The molecule has 0 aliphatic carbocycles. The molecular formula is C13H26N2O4. The first-order valence-electron chi connectivity index (χ1n) is 6.87. The van der Waals surface area contributed by atoms with E-state index in [0.717, 1.165) is 32.5 Å². The number of hydrogen-bond acceptors (Lipinski definition) is 4. The second-order valence-electron chi connectivity index (χ2n) is 4.55. The number of aliphatic carboxylic acids is 2. The Kier molecular flexibility index (Phi) is 10.1. The van der Waals surface area contributed by atoms with E-state index in [9.17, 15) is 9.59 Å². The van der Waals surface area contributed by atoms with Crippen molar-refractivity contribution in [2.75, 3.05) is 39.3 Å². The molecule has 0 rings (SSSR count).